The quantitative estimate of drug-likeness (QED) is 0.0923. The number of carbonyl (C=O) groups is 6. The van der Waals surface area contributed by atoms with Gasteiger partial charge in [-0.05, 0) is 61.4 Å². The summed E-state index contributed by atoms with van der Waals surface area (Å²) in [6.45, 7) is 4.73. The third-order valence-electron chi connectivity index (χ3n) is 9.33. The third-order valence-corrected chi connectivity index (χ3v) is 10.9. The molecule has 3 aliphatic rings. The Labute approximate surface area is 329 Å². The number of nitrogens with one attached hydrogen (secondary N) is 4. The fourth-order valence-electron chi connectivity index (χ4n) is 6.73. The Morgan fingerprint density at radius 3 is 2.26 bits per heavy atom. The first kappa shape index (κ1) is 39.5. The molecule has 16 nitrogen and oxygen atoms in total. The molecule has 3 fully saturated rings. The number of fused-ring (bicyclic) bond motifs is 1. The molecule has 272 valence electrons. The molecule has 2 unspecified atom stereocenters. The molecule has 3 saturated heterocycles. The second-order valence-corrected chi connectivity index (χ2v) is 15.1. The zero-order chi connectivity index (χ0) is 37.6. The average molecular weight is 755 g/mol. The number of rotatable bonds is 9. The van der Waals surface area contributed by atoms with Crippen LogP contribution >= 0.6 is 11.8 Å². The number of anilines is 1. The number of benzene rings is 2. The Balaban J connectivity index is 0.00000541. The number of carbonyl (C=O) groups excluding carboxylic acids is 6. The number of hydrogen-bond acceptors (Lipinski definition) is 11. The number of nitrogens with zero attached hydrogens (tertiary/aromatic N) is 2. The van der Waals surface area contributed by atoms with Crippen LogP contribution in [0.3, 0.4) is 0 Å². The van der Waals surface area contributed by atoms with Gasteiger partial charge >= 0.3 is 29.6 Å². The van der Waals surface area contributed by atoms with Crippen LogP contribution in [-0.4, -0.2) is 101 Å². The van der Waals surface area contributed by atoms with Gasteiger partial charge in [-0.3, -0.25) is 28.8 Å². The Morgan fingerprint density at radius 2 is 1.66 bits per heavy atom. The van der Waals surface area contributed by atoms with Crippen LogP contribution in [-0.2, 0) is 24.0 Å². The molecular weight excluding hydrogens is 719 g/mol. The van der Waals surface area contributed by atoms with Crippen LogP contribution in [0.5, 0.6) is 5.75 Å². The van der Waals surface area contributed by atoms with Crippen molar-refractivity contribution in [1.82, 2.24) is 25.4 Å². The number of pyridine rings is 1. The summed E-state index contributed by atoms with van der Waals surface area (Å²) < 4.78 is -0.881. The molecule has 0 radical (unpaired) electrons. The maximum Gasteiger partial charge on any atom is 1.00 e. The summed E-state index contributed by atoms with van der Waals surface area (Å²) >= 11 is 1.20. The fourth-order valence-corrected chi connectivity index (χ4v) is 8.35. The molecule has 1 aromatic heterocycles. The van der Waals surface area contributed by atoms with Crippen molar-refractivity contribution >= 4 is 53.0 Å². The maximum absolute atomic E-state index is 13.6. The molecule has 0 saturated carbocycles. The predicted octanol–water partition coefficient (Wildman–Crippen LogP) is -3.56. The van der Waals surface area contributed by atoms with Crippen molar-refractivity contribution in [3.8, 4) is 17.0 Å². The van der Waals surface area contributed by atoms with Crippen LogP contribution in [0.1, 0.15) is 49.2 Å². The molecule has 6 rings (SSSR count). The number of hydrogen-bond donors (Lipinski definition) is 6. The minimum Gasteiger partial charge on any atom is -0.548 e. The number of aromatic nitrogens is 1. The number of aromatic hydroxyl groups is 1. The SMILES string of the molecule is CC(=O)N1C[C@H](O)CC1C(=O)Nc1ccc(-c2ccc(C(=O)NC(C(=O)N[C@@H]3C(=O)N4[C@@H](C(=O)[O-])C(C)(C)S[C@@H]34)c3ccc(O)cc3)c(=O)[nH]2)cc1.[Na+]. The van der Waals surface area contributed by atoms with Crippen molar-refractivity contribution in [2.45, 2.75) is 67.6 Å². The van der Waals surface area contributed by atoms with Crippen LogP contribution in [0.2, 0.25) is 0 Å². The van der Waals surface area contributed by atoms with Gasteiger partial charge < -0.3 is 50.8 Å². The first-order valence-corrected chi connectivity index (χ1v) is 17.1. The van der Waals surface area contributed by atoms with E-state index < -0.39 is 75.5 Å². The number of β-lactam (4-membered cyclic amide) rings is 1. The molecule has 3 aliphatic heterocycles. The van der Waals surface area contributed by atoms with Crippen LogP contribution in [0.15, 0.2) is 65.5 Å². The monoisotopic (exact) mass is 754 g/mol. The Bertz CT molecular complexity index is 2020. The van der Waals surface area contributed by atoms with Gasteiger partial charge in [0.1, 0.15) is 34.8 Å². The number of aliphatic hydroxyl groups excluding tert-OH is 1. The van der Waals surface area contributed by atoms with E-state index in [-0.39, 0.29) is 65.3 Å². The Hall–Kier alpha value is -4.68. The molecule has 0 spiro atoms. The van der Waals surface area contributed by atoms with Crippen molar-refractivity contribution in [1.29, 1.82) is 0 Å². The molecule has 2 aromatic carbocycles. The number of carboxylic acid groups (broad SMARTS) is 1. The number of amides is 5. The normalized spacial score (nSPS) is 23.2. The number of H-pyrrole nitrogens is 1. The van der Waals surface area contributed by atoms with Crippen molar-refractivity contribution in [3.63, 3.8) is 0 Å². The first-order valence-electron chi connectivity index (χ1n) is 16.3. The van der Waals surface area contributed by atoms with Gasteiger partial charge in [-0.15, -0.1) is 11.8 Å². The van der Waals surface area contributed by atoms with E-state index in [1.165, 1.54) is 60.0 Å². The Morgan fingerprint density at radius 1 is 1.00 bits per heavy atom. The molecule has 5 amide bonds. The summed E-state index contributed by atoms with van der Waals surface area (Å²) in [7, 11) is 0. The molecule has 18 heteroatoms. The molecule has 3 aromatic rings. The standard InChI is InChI=1S/C35H36N6O10S.Na/c1-16(42)40-15-21(44)14-24(40)30(47)36-19-8-4-17(5-9-19)23-13-12-22(28(45)37-23)29(46)38-25(18-6-10-20(43)11-7-18)31(48)39-26-32(49)41-27(34(50)51)35(2,3)52-33(26)41;/h4-13,21,24-27,33,43-44H,14-15H2,1-3H3,(H,36,47)(H,37,45)(H,38,46)(H,39,48)(H,50,51);/q;+1/p-1/t21-,24?,25?,26-,27+,33+;/m1./s1. The van der Waals surface area contributed by atoms with E-state index >= 15 is 0 Å². The summed E-state index contributed by atoms with van der Waals surface area (Å²) in [5.41, 5.74) is 0.434. The molecule has 4 heterocycles. The molecule has 53 heavy (non-hydrogen) atoms. The van der Waals surface area contributed by atoms with Crippen LogP contribution < -0.4 is 56.2 Å². The van der Waals surface area contributed by atoms with E-state index in [4.69, 9.17) is 0 Å². The zero-order valence-electron chi connectivity index (χ0n) is 29.1. The van der Waals surface area contributed by atoms with E-state index in [1.54, 1.807) is 38.1 Å². The van der Waals surface area contributed by atoms with Crippen molar-refractivity contribution in [3.05, 3.63) is 82.1 Å². The van der Waals surface area contributed by atoms with Gasteiger partial charge in [0.15, 0.2) is 0 Å². The first-order chi connectivity index (χ1) is 24.5. The van der Waals surface area contributed by atoms with Crippen LogP contribution in [0, 0.1) is 0 Å². The van der Waals surface area contributed by atoms with Gasteiger partial charge in [0, 0.05) is 36.0 Å². The smallest absolute Gasteiger partial charge is 0.548 e. The van der Waals surface area contributed by atoms with Gasteiger partial charge in [-0.25, -0.2) is 0 Å². The van der Waals surface area contributed by atoms with Crippen molar-refractivity contribution < 1.29 is 73.6 Å². The number of carboxylic acids is 1. The number of thioether (sulfide) groups is 1. The van der Waals surface area contributed by atoms with Gasteiger partial charge in [0.05, 0.1) is 18.1 Å². The zero-order valence-corrected chi connectivity index (χ0v) is 31.9. The molecular formula is C35H35N6NaO10S. The number of phenolic OH excluding ortho intramolecular Hbond substituents is 1. The number of aliphatic carboxylic acids is 1. The molecule has 6 atom stereocenters. The van der Waals surface area contributed by atoms with Gasteiger partial charge in [-0.1, -0.05) is 24.3 Å². The fraction of sp³-hybridized carbons (Fsp3) is 0.343. The number of aliphatic hydroxyl groups is 1. The summed E-state index contributed by atoms with van der Waals surface area (Å²) in [4.78, 5) is 94.8. The van der Waals surface area contributed by atoms with Crippen LogP contribution in [0.4, 0.5) is 5.69 Å². The van der Waals surface area contributed by atoms with Gasteiger partial charge in [0.25, 0.3) is 11.5 Å². The maximum atomic E-state index is 13.6. The second kappa shape index (κ2) is 15.4. The Kier molecular flexibility index (Phi) is 11.4. The number of likely N-dealkylation sites (tertiary alicyclic amines) is 1. The minimum absolute atomic E-state index is 0. The summed E-state index contributed by atoms with van der Waals surface area (Å²) in [5, 5.41) is 38.7. The number of aromatic amines is 1. The summed E-state index contributed by atoms with van der Waals surface area (Å²) in [6.07, 6.45) is -0.675. The molecule has 0 bridgehead atoms. The van der Waals surface area contributed by atoms with Crippen molar-refractivity contribution in [2.24, 2.45) is 0 Å². The third kappa shape index (κ3) is 7.84. The number of phenols is 1. The van der Waals surface area contributed by atoms with Crippen molar-refractivity contribution in [2.75, 3.05) is 11.9 Å². The molecule has 6 N–H and O–H groups in total. The van der Waals surface area contributed by atoms with E-state index in [2.05, 4.69) is 20.9 Å². The van der Waals surface area contributed by atoms with E-state index in [1.807, 2.05) is 0 Å². The minimum atomic E-state index is -1.41. The van der Waals surface area contributed by atoms with Gasteiger partial charge in [-0.2, -0.15) is 0 Å². The number of β-amino-alcohol motifs (C(OH)–C–C–N with tert-alkyl or cyclic N) is 1. The topological polar surface area (TPSA) is 241 Å². The second-order valence-electron chi connectivity index (χ2n) is 13.3. The van der Waals surface area contributed by atoms with E-state index in [9.17, 15) is 48.9 Å². The molecule has 0 aliphatic carbocycles. The predicted molar refractivity (Wildman–Crippen MR) is 184 cm³/mol. The van der Waals surface area contributed by atoms with Crippen LogP contribution in [0.25, 0.3) is 11.3 Å². The van der Waals surface area contributed by atoms with E-state index in [0.717, 1.165) is 4.90 Å². The average Bonchev–Trinajstić information content (AvgIpc) is 3.61. The van der Waals surface area contributed by atoms with E-state index in [0.29, 0.717) is 16.9 Å². The van der Waals surface area contributed by atoms with Gasteiger partial charge in [0.2, 0.25) is 23.6 Å². The summed E-state index contributed by atoms with van der Waals surface area (Å²) in [6, 6.07) is 10.1. The largest absolute Gasteiger partial charge is 1.00 e. The summed E-state index contributed by atoms with van der Waals surface area (Å²) in [5.74, 6) is -4.61.